The predicted molar refractivity (Wildman–Crippen MR) is 126 cm³/mol. The van der Waals surface area contributed by atoms with Gasteiger partial charge in [-0.1, -0.05) is 36.4 Å². The number of benzene rings is 1. The molecule has 5 heteroatoms. The van der Waals surface area contributed by atoms with Crippen LogP contribution in [0.5, 0.6) is 0 Å². The zero-order chi connectivity index (χ0) is 21.3. The van der Waals surface area contributed by atoms with Gasteiger partial charge in [-0.15, -0.1) is 0 Å². The first kappa shape index (κ1) is 20.1. The van der Waals surface area contributed by atoms with E-state index in [-0.39, 0.29) is 5.56 Å². The topological polar surface area (TPSA) is 63.2 Å². The Hall–Kier alpha value is -3.18. The molecule has 1 saturated heterocycles. The Kier molecular flexibility index (Phi) is 5.55. The molecule has 0 atom stereocenters. The van der Waals surface area contributed by atoms with Gasteiger partial charge in [0.05, 0.1) is 5.56 Å². The van der Waals surface area contributed by atoms with Crippen molar-refractivity contribution in [2.24, 2.45) is 0 Å². The van der Waals surface area contributed by atoms with Gasteiger partial charge in [0.15, 0.2) is 0 Å². The van der Waals surface area contributed by atoms with Crippen LogP contribution in [-0.2, 0) is 0 Å². The number of piperazine rings is 1. The second-order valence-electron chi connectivity index (χ2n) is 8.08. The van der Waals surface area contributed by atoms with Gasteiger partial charge in [-0.2, -0.15) is 0 Å². The molecule has 30 heavy (non-hydrogen) atoms. The predicted octanol–water partition coefficient (Wildman–Crippen LogP) is 4.18. The van der Waals surface area contributed by atoms with E-state index < -0.39 is 0 Å². The molecule has 0 aromatic heterocycles. The number of aromatic nitrogens is 1. The van der Waals surface area contributed by atoms with E-state index in [9.17, 15) is 4.79 Å². The maximum Gasteiger partial charge on any atom is 0.256 e. The molecule has 0 saturated carbocycles. The number of aromatic amines is 1. The third-order valence-electron chi connectivity index (χ3n) is 5.86. The first-order valence-corrected chi connectivity index (χ1v) is 10.4. The highest BCUT2D eigenvalue weighted by Crippen LogP contribution is 2.29. The lowest BCUT2D eigenvalue weighted by Gasteiger charge is -2.34. The Bertz CT molecular complexity index is 1140. The van der Waals surface area contributed by atoms with E-state index in [0.717, 1.165) is 54.1 Å². The van der Waals surface area contributed by atoms with Crippen LogP contribution in [0.4, 0.5) is 5.69 Å². The highest BCUT2D eigenvalue weighted by molar-refractivity contribution is 6.02. The Balaban J connectivity index is 1.77. The molecule has 0 amide bonds. The fraction of sp³-hybridized carbons (Fsp3) is 0.280. The summed E-state index contributed by atoms with van der Waals surface area (Å²) >= 11 is 0. The highest BCUT2D eigenvalue weighted by Gasteiger charge is 2.18. The molecule has 2 N–H and O–H groups in total. The van der Waals surface area contributed by atoms with Crippen LogP contribution in [0, 0.1) is 5.41 Å². The maximum atomic E-state index is 12.7. The number of nitrogens with one attached hydrogen (secondary N) is 2. The van der Waals surface area contributed by atoms with E-state index in [1.165, 1.54) is 5.69 Å². The van der Waals surface area contributed by atoms with Gasteiger partial charge in [0.2, 0.25) is 0 Å². The lowest BCUT2D eigenvalue weighted by molar-refractivity contribution is 0.313. The molecule has 1 aliphatic carbocycles. The summed E-state index contributed by atoms with van der Waals surface area (Å²) in [5.74, 6) is 0. The normalized spacial score (nSPS) is 15.6. The SMILES string of the molecule is CC(=N)c1ccc(N2CCN(C)CC2)cc1C=C(C)c1c2cccccc-2[nH]c1=O. The van der Waals surface area contributed by atoms with Crippen molar-refractivity contribution in [3.8, 4) is 11.3 Å². The van der Waals surface area contributed by atoms with Crippen molar-refractivity contribution in [3.63, 3.8) is 0 Å². The second kappa shape index (κ2) is 8.28. The number of hydrogen-bond donors (Lipinski definition) is 2. The fourth-order valence-corrected chi connectivity index (χ4v) is 4.15. The molecule has 0 bridgehead atoms. The molecule has 2 heterocycles. The molecule has 0 radical (unpaired) electrons. The van der Waals surface area contributed by atoms with Crippen molar-refractivity contribution in [3.05, 3.63) is 75.6 Å². The molecule has 4 rings (SSSR count). The highest BCUT2D eigenvalue weighted by atomic mass is 16.1. The Labute approximate surface area is 177 Å². The van der Waals surface area contributed by atoms with Crippen LogP contribution in [0.1, 0.15) is 30.5 Å². The number of nitrogens with zero attached hydrogens (tertiary/aromatic N) is 2. The Morgan fingerprint density at radius 1 is 1.03 bits per heavy atom. The monoisotopic (exact) mass is 400 g/mol. The standard InChI is InChI=1S/C25H28N4O/c1-17(24-22-7-5-4-6-8-23(22)27-25(24)30)15-19-16-20(9-10-21(19)18(2)26)29-13-11-28(3)12-14-29/h4-10,15-16,26H,11-14H2,1-3H3,(H,27,30). The average molecular weight is 401 g/mol. The third-order valence-corrected chi connectivity index (χ3v) is 5.86. The summed E-state index contributed by atoms with van der Waals surface area (Å²) in [6.07, 6.45) is 2.05. The molecule has 154 valence electrons. The van der Waals surface area contributed by atoms with E-state index >= 15 is 0 Å². The summed E-state index contributed by atoms with van der Waals surface area (Å²) in [4.78, 5) is 20.4. The second-order valence-corrected chi connectivity index (χ2v) is 8.08. The van der Waals surface area contributed by atoms with Crippen molar-refractivity contribution in [2.45, 2.75) is 13.8 Å². The number of hydrogen-bond acceptors (Lipinski definition) is 4. The summed E-state index contributed by atoms with van der Waals surface area (Å²) in [6, 6.07) is 16.0. The summed E-state index contributed by atoms with van der Waals surface area (Å²) in [5.41, 5.74) is 6.83. The molecule has 1 fully saturated rings. The molecule has 0 unspecified atom stereocenters. The molecular weight excluding hydrogens is 372 g/mol. The van der Waals surface area contributed by atoms with Crippen LogP contribution in [0.25, 0.3) is 22.9 Å². The van der Waals surface area contributed by atoms with Crippen LogP contribution in [0.3, 0.4) is 0 Å². The molecule has 1 aromatic rings. The average Bonchev–Trinajstić information content (AvgIpc) is 2.87. The number of fused-ring (bicyclic) bond motifs is 1. The van der Waals surface area contributed by atoms with Gasteiger partial charge in [0.1, 0.15) is 0 Å². The van der Waals surface area contributed by atoms with E-state index in [2.05, 4.69) is 34.0 Å². The number of anilines is 1. The molecule has 3 aliphatic rings. The van der Waals surface area contributed by atoms with E-state index in [1.807, 2.05) is 56.3 Å². The van der Waals surface area contributed by atoms with E-state index in [1.54, 1.807) is 0 Å². The molecule has 2 aliphatic heterocycles. The zero-order valence-electron chi connectivity index (χ0n) is 17.8. The van der Waals surface area contributed by atoms with Gasteiger partial charge in [0.25, 0.3) is 5.56 Å². The van der Waals surface area contributed by atoms with Crippen molar-refractivity contribution in [1.82, 2.24) is 9.88 Å². The molecular formula is C25H28N4O. The van der Waals surface area contributed by atoms with E-state index in [4.69, 9.17) is 5.41 Å². The van der Waals surface area contributed by atoms with Gasteiger partial charge in [-0.05, 0) is 50.2 Å². The Morgan fingerprint density at radius 3 is 2.50 bits per heavy atom. The number of H-pyrrole nitrogens is 1. The van der Waals surface area contributed by atoms with Crippen LogP contribution < -0.4 is 10.5 Å². The summed E-state index contributed by atoms with van der Waals surface area (Å²) in [5, 5.41) is 8.22. The third kappa shape index (κ3) is 3.94. The minimum atomic E-state index is -0.0757. The lowest BCUT2D eigenvalue weighted by Crippen LogP contribution is -2.44. The Morgan fingerprint density at radius 2 is 1.77 bits per heavy atom. The zero-order valence-corrected chi connectivity index (χ0v) is 17.8. The number of likely N-dealkylation sites (N-methyl/N-ethyl adjacent to an activating group) is 1. The van der Waals surface area contributed by atoms with Crippen molar-refractivity contribution < 1.29 is 0 Å². The summed E-state index contributed by atoms with van der Waals surface area (Å²) in [6.45, 7) is 7.85. The minimum Gasteiger partial charge on any atom is -0.369 e. The van der Waals surface area contributed by atoms with Gasteiger partial charge in [-0.3, -0.25) is 4.79 Å². The van der Waals surface area contributed by atoms with Crippen LogP contribution in [0.15, 0.2) is 53.3 Å². The molecule has 0 spiro atoms. The quantitative estimate of drug-likeness (QED) is 0.646. The van der Waals surface area contributed by atoms with Gasteiger partial charge in [0, 0.05) is 54.4 Å². The number of allylic oxidation sites excluding steroid dienone is 1. The minimum absolute atomic E-state index is 0.0757. The van der Waals surface area contributed by atoms with Crippen LogP contribution in [-0.4, -0.2) is 48.8 Å². The maximum absolute atomic E-state index is 12.7. The summed E-state index contributed by atoms with van der Waals surface area (Å²) in [7, 11) is 2.15. The summed E-state index contributed by atoms with van der Waals surface area (Å²) < 4.78 is 0. The van der Waals surface area contributed by atoms with Crippen molar-refractivity contribution in [1.29, 1.82) is 5.41 Å². The van der Waals surface area contributed by atoms with Crippen molar-refractivity contribution >= 4 is 23.0 Å². The lowest BCUT2D eigenvalue weighted by atomic mass is 9.97. The van der Waals surface area contributed by atoms with Gasteiger partial charge >= 0.3 is 0 Å². The first-order chi connectivity index (χ1) is 14.4. The van der Waals surface area contributed by atoms with Crippen LogP contribution in [0.2, 0.25) is 0 Å². The molecule has 5 nitrogen and oxygen atoms in total. The fourth-order valence-electron chi connectivity index (χ4n) is 4.15. The largest absolute Gasteiger partial charge is 0.369 e. The van der Waals surface area contributed by atoms with Crippen molar-refractivity contribution in [2.75, 3.05) is 38.1 Å². The molecule has 1 aromatic carbocycles. The van der Waals surface area contributed by atoms with E-state index in [0.29, 0.717) is 11.3 Å². The van der Waals surface area contributed by atoms with Gasteiger partial charge in [-0.25, -0.2) is 0 Å². The van der Waals surface area contributed by atoms with Gasteiger partial charge < -0.3 is 20.2 Å². The smallest absolute Gasteiger partial charge is 0.256 e. The number of rotatable bonds is 4. The first-order valence-electron chi connectivity index (χ1n) is 10.4. The van der Waals surface area contributed by atoms with Crippen LogP contribution >= 0.6 is 0 Å².